The SMILES string of the molecule is Cc1cccc(NC(=O)CSc2nnc(-c3cccc(F)c3)o2)c1C. The average Bonchev–Trinajstić information content (AvgIpc) is 3.06. The smallest absolute Gasteiger partial charge is 0.277 e. The number of nitrogens with one attached hydrogen (secondary N) is 1. The quantitative estimate of drug-likeness (QED) is 0.692. The van der Waals surface area contributed by atoms with Crippen molar-refractivity contribution in [3.05, 3.63) is 59.4 Å². The predicted octanol–water partition coefficient (Wildman–Crippen LogP) is 4.22. The van der Waals surface area contributed by atoms with E-state index in [-0.39, 0.29) is 28.6 Å². The Bertz CT molecular complexity index is 911. The molecule has 5 nitrogen and oxygen atoms in total. The zero-order valence-electron chi connectivity index (χ0n) is 13.7. The molecule has 3 rings (SSSR count). The molecule has 0 saturated carbocycles. The van der Waals surface area contributed by atoms with Gasteiger partial charge in [0.2, 0.25) is 11.8 Å². The maximum absolute atomic E-state index is 13.2. The molecule has 1 N–H and O–H groups in total. The Kier molecular flexibility index (Phi) is 5.14. The number of amides is 1. The molecule has 0 aliphatic heterocycles. The molecule has 1 aromatic heterocycles. The molecule has 0 spiro atoms. The molecule has 0 unspecified atom stereocenters. The van der Waals surface area contributed by atoms with Crippen LogP contribution in [0.15, 0.2) is 52.1 Å². The van der Waals surface area contributed by atoms with Crippen molar-refractivity contribution in [1.29, 1.82) is 0 Å². The number of halogens is 1. The van der Waals surface area contributed by atoms with Crippen LogP contribution in [0, 0.1) is 19.7 Å². The summed E-state index contributed by atoms with van der Waals surface area (Å²) >= 11 is 1.13. The van der Waals surface area contributed by atoms with Gasteiger partial charge in [0, 0.05) is 11.3 Å². The summed E-state index contributed by atoms with van der Waals surface area (Å²) in [7, 11) is 0. The topological polar surface area (TPSA) is 68.0 Å². The molecule has 128 valence electrons. The zero-order chi connectivity index (χ0) is 17.8. The van der Waals surface area contributed by atoms with Crippen molar-refractivity contribution in [3.63, 3.8) is 0 Å². The first kappa shape index (κ1) is 17.2. The van der Waals surface area contributed by atoms with Gasteiger partial charge in [-0.15, -0.1) is 10.2 Å². The lowest BCUT2D eigenvalue weighted by Gasteiger charge is -2.09. The third-order valence-corrected chi connectivity index (χ3v) is 4.50. The number of carbonyl (C=O) groups excluding carboxylic acids is 1. The van der Waals surface area contributed by atoms with E-state index in [2.05, 4.69) is 15.5 Å². The van der Waals surface area contributed by atoms with Crippen LogP contribution >= 0.6 is 11.8 Å². The second-order valence-electron chi connectivity index (χ2n) is 5.47. The number of nitrogens with zero attached hydrogens (tertiary/aromatic N) is 2. The number of aromatic nitrogens is 2. The van der Waals surface area contributed by atoms with Crippen molar-refractivity contribution < 1.29 is 13.6 Å². The molecule has 1 heterocycles. The highest BCUT2D eigenvalue weighted by atomic mass is 32.2. The predicted molar refractivity (Wildman–Crippen MR) is 95.0 cm³/mol. The second-order valence-corrected chi connectivity index (χ2v) is 6.39. The Morgan fingerprint density at radius 2 is 2.00 bits per heavy atom. The number of hydrogen-bond acceptors (Lipinski definition) is 5. The third-order valence-electron chi connectivity index (χ3n) is 3.68. The lowest BCUT2D eigenvalue weighted by atomic mass is 10.1. The van der Waals surface area contributed by atoms with Crippen LogP contribution in [0.5, 0.6) is 0 Å². The van der Waals surface area contributed by atoms with Crippen molar-refractivity contribution in [3.8, 4) is 11.5 Å². The van der Waals surface area contributed by atoms with Gasteiger partial charge in [-0.25, -0.2) is 4.39 Å². The van der Waals surface area contributed by atoms with E-state index in [4.69, 9.17) is 4.42 Å². The molecule has 2 aromatic carbocycles. The van der Waals surface area contributed by atoms with E-state index in [0.717, 1.165) is 28.6 Å². The van der Waals surface area contributed by atoms with Gasteiger partial charge in [0.1, 0.15) is 5.82 Å². The van der Waals surface area contributed by atoms with Gasteiger partial charge < -0.3 is 9.73 Å². The number of anilines is 1. The van der Waals surface area contributed by atoms with Crippen molar-refractivity contribution in [2.45, 2.75) is 19.1 Å². The molecule has 1 amide bonds. The minimum absolute atomic E-state index is 0.137. The normalized spacial score (nSPS) is 10.7. The molecule has 0 atom stereocenters. The fourth-order valence-electron chi connectivity index (χ4n) is 2.21. The zero-order valence-corrected chi connectivity index (χ0v) is 14.6. The first-order valence-corrected chi connectivity index (χ1v) is 8.60. The van der Waals surface area contributed by atoms with Crippen LogP contribution in [0.4, 0.5) is 10.1 Å². The van der Waals surface area contributed by atoms with Gasteiger partial charge in [0.15, 0.2) is 0 Å². The molecule has 0 fully saturated rings. The standard InChI is InChI=1S/C18H16FN3O2S/c1-11-5-3-8-15(12(11)2)20-16(23)10-25-18-22-21-17(24-18)13-6-4-7-14(19)9-13/h3-9H,10H2,1-2H3,(H,20,23). The Labute approximate surface area is 148 Å². The summed E-state index contributed by atoms with van der Waals surface area (Å²) < 4.78 is 18.7. The monoisotopic (exact) mass is 357 g/mol. The summed E-state index contributed by atoms with van der Waals surface area (Å²) in [5.74, 6) is -0.183. The van der Waals surface area contributed by atoms with Crippen LogP contribution in [0.2, 0.25) is 0 Å². The van der Waals surface area contributed by atoms with E-state index in [1.54, 1.807) is 12.1 Å². The van der Waals surface area contributed by atoms with Crippen molar-refractivity contribution in [2.75, 3.05) is 11.1 Å². The van der Waals surface area contributed by atoms with E-state index >= 15 is 0 Å². The molecular weight excluding hydrogens is 341 g/mol. The largest absolute Gasteiger partial charge is 0.411 e. The van der Waals surface area contributed by atoms with Crippen LogP contribution in [0.1, 0.15) is 11.1 Å². The maximum atomic E-state index is 13.2. The summed E-state index contributed by atoms with van der Waals surface area (Å²) in [5.41, 5.74) is 3.44. The van der Waals surface area contributed by atoms with E-state index < -0.39 is 0 Å². The first-order chi connectivity index (χ1) is 12.0. The fraction of sp³-hybridized carbons (Fsp3) is 0.167. The number of hydrogen-bond donors (Lipinski definition) is 1. The minimum Gasteiger partial charge on any atom is -0.411 e. The molecule has 0 radical (unpaired) electrons. The van der Waals surface area contributed by atoms with E-state index in [1.807, 2.05) is 32.0 Å². The lowest BCUT2D eigenvalue weighted by molar-refractivity contribution is -0.113. The van der Waals surface area contributed by atoms with Gasteiger partial charge in [0.25, 0.3) is 5.22 Å². The van der Waals surface area contributed by atoms with Crippen molar-refractivity contribution in [2.24, 2.45) is 0 Å². The molecule has 0 aliphatic rings. The molecular formula is C18H16FN3O2S. The minimum atomic E-state index is -0.377. The highest BCUT2D eigenvalue weighted by molar-refractivity contribution is 7.99. The van der Waals surface area contributed by atoms with Gasteiger partial charge in [-0.1, -0.05) is 30.0 Å². The Hall–Kier alpha value is -2.67. The van der Waals surface area contributed by atoms with Crippen molar-refractivity contribution >= 4 is 23.4 Å². The Morgan fingerprint density at radius 1 is 1.20 bits per heavy atom. The van der Waals surface area contributed by atoms with Crippen molar-refractivity contribution in [1.82, 2.24) is 10.2 Å². The molecule has 7 heteroatoms. The van der Waals surface area contributed by atoms with Gasteiger partial charge in [0.05, 0.1) is 5.75 Å². The number of benzene rings is 2. The van der Waals surface area contributed by atoms with E-state index in [1.165, 1.54) is 12.1 Å². The molecule has 0 saturated heterocycles. The third kappa shape index (κ3) is 4.24. The van der Waals surface area contributed by atoms with Crippen LogP contribution < -0.4 is 5.32 Å². The van der Waals surface area contributed by atoms with Gasteiger partial charge in [-0.2, -0.15) is 0 Å². The summed E-state index contributed by atoms with van der Waals surface area (Å²) in [6.45, 7) is 3.95. The summed E-state index contributed by atoms with van der Waals surface area (Å²) in [6.07, 6.45) is 0. The number of aryl methyl sites for hydroxylation is 1. The van der Waals surface area contributed by atoms with Gasteiger partial charge >= 0.3 is 0 Å². The maximum Gasteiger partial charge on any atom is 0.277 e. The summed E-state index contributed by atoms with van der Waals surface area (Å²) in [6, 6.07) is 11.7. The highest BCUT2D eigenvalue weighted by Gasteiger charge is 2.12. The highest BCUT2D eigenvalue weighted by Crippen LogP contribution is 2.24. The molecule has 0 bridgehead atoms. The average molecular weight is 357 g/mol. The molecule has 0 aliphatic carbocycles. The second kappa shape index (κ2) is 7.48. The van der Waals surface area contributed by atoms with Gasteiger partial charge in [-0.3, -0.25) is 4.79 Å². The van der Waals surface area contributed by atoms with E-state index in [9.17, 15) is 9.18 Å². The van der Waals surface area contributed by atoms with Crippen LogP contribution in [-0.2, 0) is 4.79 Å². The molecule has 25 heavy (non-hydrogen) atoms. The number of carbonyl (C=O) groups is 1. The first-order valence-electron chi connectivity index (χ1n) is 7.61. The summed E-state index contributed by atoms with van der Waals surface area (Å²) in [5, 5.41) is 10.9. The Morgan fingerprint density at radius 3 is 2.80 bits per heavy atom. The van der Waals surface area contributed by atoms with Crippen LogP contribution in [-0.4, -0.2) is 21.9 Å². The van der Waals surface area contributed by atoms with Gasteiger partial charge in [-0.05, 0) is 49.2 Å². The molecule has 3 aromatic rings. The lowest BCUT2D eigenvalue weighted by Crippen LogP contribution is -2.15. The van der Waals surface area contributed by atoms with Crippen LogP contribution in [0.25, 0.3) is 11.5 Å². The summed E-state index contributed by atoms with van der Waals surface area (Å²) in [4.78, 5) is 12.1. The number of rotatable bonds is 5. The van der Waals surface area contributed by atoms with Crippen LogP contribution in [0.3, 0.4) is 0 Å². The fourth-order valence-corrected chi connectivity index (χ4v) is 2.77. The Balaban J connectivity index is 1.60. The van der Waals surface area contributed by atoms with E-state index in [0.29, 0.717) is 5.56 Å². The number of thioether (sulfide) groups is 1.